The number of nitrogens with one attached hydrogen (secondary N) is 1. The highest BCUT2D eigenvalue weighted by atomic mass is 32.2. The Labute approximate surface area is 157 Å². The highest BCUT2D eigenvalue weighted by molar-refractivity contribution is 7.86. The van der Waals surface area contributed by atoms with Gasteiger partial charge < -0.3 is 5.32 Å². The van der Waals surface area contributed by atoms with Gasteiger partial charge >= 0.3 is 6.18 Å². The van der Waals surface area contributed by atoms with Crippen molar-refractivity contribution in [3.8, 4) is 0 Å². The Morgan fingerprint density at radius 1 is 1.33 bits per heavy atom. The van der Waals surface area contributed by atoms with Crippen LogP contribution in [0, 0.1) is 5.92 Å². The fourth-order valence-corrected chi connectivity index (χ4v) is 4.84. The van der Waals surface area contributed by atoms with E-state index in [0.29, 0.717) is 24.5 Å². The van der Waals surface area contributed by atoms with Gasteiger partial charge in [-0.15, -0.1) is 0 Å². The molecule has 154 valence electrons. The summed E-state index contributed by atoms with van der Waals surface area (Å²) in [6.45, 7) is 4.33. The molecule has 0 bridgehead atoms. The number of hydrogen-bond acceptors (Lipinski definition) is 4. The van der Waals surface area contributed by atoms with Crippen LogP contribution in [0.1, 0.15) is 44.3 Å². The second-order valence-corrected chi connectivity index (χ2v) is 9.96. The van der Waals surface area contributed by atoms with Crippen LogP contribution in [0.5, 0.6) is 0 Å². The molecule has 3 heterocycles. The molecule has 3 atom stereocenters. The van der Waals surface area contributed by atoms with Crippen molar-refractivity contribution >= 4 is 16.0 Å². The lowest BCUT2D eigenvalue weighted by molar-refractivity contribution is -0.174. The van der Waals surface area contributed by atoms with E-state index in [0.717, 1.165) is 8.99 Å². The number of aromatic nitrogens is 2. The van der Waals surface area contributed by atoms with Gasteiger partial charge in [0.25, 0.3) is 10.2 Å². The van der Waals surface area contributed by atoms with Gasteiger partial charge in [0, 0.05) is 45.2 Å². The molecule has 11 heteroatoms. The molecule has 0 aliphatic carbocycles. The second kappa shape index (κ2) is 6.93. The predicted molar refractivity (Wildman–Crippen MR) is 95.7 cm³/mol. The van der Waals surface area contributed by atoms with E-state index < -0.39 is 22.4 Å². The van der Waals surface area contributed by atoms with Crippen molar-refractivity contribution in [3.05, 3.63) is 11.8 Å². The molecular weight excluding hydrogens is 383 g/mol. The highest BCUT2D eigenvalue weighted by Crippen LogP contribution is 2.42. The first kappa shape index (κ1) is 20.4. The largest absolute Gasteiger partial charge is 0.410 e. The van der Waals surface area contributed by atoms with E-state index in [1.165, 1.54) is 18.4 Å². The molecule has 0 aromatic carbocycles. The third kappa shape index (κ3) is 3.81. The number of rotatable bonds is 4. The summed E-state index contributed by atoms with van der Waals surface area (Å²) < 4.78 is 68.8. The molecule has 1 N–H and O–H groups in total. The molecule has 7 nitrogen and oxygen atoms in total. The minimum atomic E-state index is -4.39. The van der Waals surface area contributed by atoms with Crippen LogP contribution in [-0.2, 0) is 10.2 Å². The van der Waals surface area contributed by atoms with E-state index in [4.69, 9.17) is 0 Å². The van der Waals surface area contributed by atoms with E-state index in [1.807, 2.05) is 13.8 Å². The first-order chi connectivity index (χ1) is 12.4. The first-order valence-electron chi connectivity index (χ1n) is 9.01. The van der Waals surface area contributed by atoms with Crippen LogP contribution < -0.4 is 5.32 Å². The van der Waals surface area contributed by atoms with Crippen LogP contribution in [0.25, 0.3) is 0 Å². The lowest BCUT2D eigenvalue weighted by atomic mass is 9.94. The standard InChI is InChI=1S/C16H26F3N5O2S/c1-10(2)12-7-14(16(17,18)19)24-15(20-12)8-13(21-24)11-5-6-23(9-11)27(25,26)22(3)4/h8,10-12,14,20H,5-7,9H2,1-4H3/t11-,12-,14+/m0/s1. The summed E-state index contributed by atoms with van der Waals surface area (Å²) in [5.41, 5.74) is 0.507. The van der Waals surface area contributed by atoms with Gasteiger partial charge in [-0.1, -0.05) is 13.8 Å². The number of nitrogens with zero attached hydrogens (tertiary/aromatic N) is 4. The molecule has 3 rings (SSSR count). The van der Waals surface area contributed by atoms with Crippen molar-refractivity contribution in [1.82, 2.24) is 18.4 Å². The molecule has 1 aromatic rings. The fourth-order valence-electron chi connectivity index (χ4n) is 3.67. The van der Waals surface area contributed by atoms with E-state index in [2.05, 4.69) is 10.4 Å². The summed E-state index contributed by atoms with van der Waals surface area (Å²) in [5, 5.41) is 7.40. The van der Waals surface area contributed by atoms with Crippen molar-refractivity contribution in [2.45, 2.75) is 50.9 Å². The van der Waals surface area contributed by atoms with E-state index in [-0.39, 0.29) is 30.8 Å². The molecule has 2 aliphatic heterocycles. The highest BCUT2D eigenvalue weighted by Gasteiger charge is 2.47. The van der Waals surface area contributed by atoms with Crippen molar-refractivity contribution in [2.24, 2.45) is 5.92 Å². The zero-order valence-corrected chi connectivity index (χ0v) is 16.7. The summed E-state index contributed by atoms with van der Waals surface area (Å²) in [5.74, 6) is 0.186. The van der Waals surface area contributed by atoms with Gasteiger partial charge in [0.15, 0.2) is 6.04 Å². The number of anilines is 1. The molecule has 27 heavy (non-hydrogen) atoms. The Morgan fingerprint density at radius 3 is 2.56 bits per heavy atom. The molecular formula is C16H26F3N5O2S. The lowest BCUT2D eigenvalue weighted by Crippen LogP contribution is -2.41. The van der Waals surface area contributed by atoms with Gasteiger partial charge in [0.05, 0.1) is 5.69 Å². The van der Waals surface area contributed by atoms with Crippen molar-refractivity contribution in [1.29, 1.82) is 0 Å². The van der Waals surface area contributed by atoms with E-state index >= 15 is 0 Å². The van der Waals surface area contributed by atoms with Crippen LogP contribution >= 0.6 is 0 Å². The normalized spacial score (nSPS) is 27.2. The van der Waals surface area contributed by atoms with Gasteiger partial charge in [-0.2, -0.15) is 35.3 Å². The topological polar surface area (TPSA) is 70.5 Å². The van der Waals surface area contributed by atoms with Crippen LogP contribution in [0.4, 0.5) is 19.0 Å². The predicted octanol–water partition coefficient (Wildman–Crippen LogP) is 2.42. The third-order valence-corrected chi connectivity index (χ3v) is 7.31. The van der Waals surface area contributed by atoms with Crippen molar-refractivity contribution < 1.29 is 21.6 Å². The zero-order valence-electron chi connectivity index (χ0n) is 15.9. The molecule has 0 unspecified atom stereocenters. The number of alkyl halides is 3. The molecule has 0 amide bonds. The maximum absolute atomic E-state index is 13.6. The minimum Gasteiger partial charge on any atom is -0.367 e. The van der Waals surface area contributed by atoms with Crippen LogP contribution in [0.2, 0.25) is 0 Å². The van der Waals surface area contributed by atoms with Gasteiger partial charge in [0.1, 0.15) is 5.82 Å². The molecule has 2 aliphatic rings. The minimum absolute atomic E-state index is 0.0501. The third-order valence-electron chi connectivity index (χ3n) is 5.40. The summed E-state index contributed by atoms with van der Waals surface area (Å²) in [4.78, 5) is 0. The smallest absolute Gasteiger partial charge is 0.367 e. The molecule has 0 spiro atoms. The SMILES string of the molecule is CC(C)[C@@H]1C[C@H](C(F)(F)F)n2nc([C@H]3CCN(S(=O)(=O)N(C)C)C3)cc2N1. The molecule has 0 radical (unpaired) electrons. The van der Waals surface area contributed by atoms with Gasteiger partial charge in [-0.05, 0) is 18.8 Å². The van der Waals surface area contributed by atoms with Gasteiger partial charge in [-0.25, -0.2) is 4.68 Å². The number of hydrogen-bond donors (Lipinski definition) is 1. The summed E-state index contributed by atoms with van der Waals surface area (Å²) >= 11 is 0. The van der Waals surface area contributed by atoms with Crippen LogP contribution in [0.15, 0.2) is 6.07 Å². The maximum atomic E-state index is 13.6. The van der Waals surface area contributed by atoms with E-state index in [9.17, 15) is 21.6 Å². The Kier molecular flexibility index (Phi) is 5.23. The van der Waals surface area contributed by atoms with E-state index in [1.54, 1.807) is 6.07 Å². The van der Waals surface area contributed by atoms with Crippen molar-refractivity contribution in [2.75, 3.05) is 32.5 Å². The van der Waals surface area contributed by atoms with Gasteiger partial charge in [-0.3, -0.25) is 0 Å². The fraction of sp³-hybridized carbons (Fsp3) is 0.812. The summed E-state index contributed by atoms with van der Waals surface area (Å²) in [7, 11) is -0.617. The average Bonchev–Trinajstić information content (AvgIpc) is 3.19. The summed E-state index contributed by atoms with van der Waals surface area (Å²) in [6.07, 6.45) is -3.92. The monoisotopic (exact) mass is 409 g/mol. The first-order valence-corrected chi connectivity index (χ1v) is 10.4. The average molecular weight is 409 g/mol. The Morgan fingerprint density at radius 2 is 2.00 bits per heavy atom. The molecule has 1 aromatic heterocycles. The van der Waals surface area contributed by atoms with Crippen LogP contribution in [0.3, 0.4) is 0 Å². The Bertz CT molecular complexity index is 790. The molecule has 1 saturated heterocycles. The second-order valence-electron chi connectivity index (χ2n) is 7.82. The molecule has 0 saturated carbocycles. The number of halogens is 3. The lowest BCUT2D eigenvalue weighted by Gasteiger charge is -2.35. The molecule has 1 fully saturated rings. The number of fused-ring (bicyclic) bond motifs is 1. The van der Waals surface area contributed by atoms with Gasteiger partial charge in [0.2, 0.25) is 0 Å². The Hall–Kier alpha value is -1.33. The Balaban J connectivity index is 1.87. The maximum Gasteiger partial charge on any atom is 0.410 e. The van der Waals surface area contributed by atoms with Crippen molar-refractivity contribution in [3.63, 3.8) is 0 Å². The zero-order chi connectivity index (χ0) is 20.1. The van der Waals surface area contributed by atoms with Crippen LogP contribution in [-0.4, -0.2) is 66.2 Å². The quantitative estimate of drug-likeness (QED) is 0.829. The summed E-state index contributed by atoms with van der Waals surface area (Å²) in [6, 6.07) is -0.315.